The minimum absolute atomic E-state index is 0.240. The van der Waals surface area contributed by atoms with E-state index in [9.17, 15) is 9.59 Å². The van der Waals surface area contributed by atoms with Crippen molar-refractivity contribution in [2.45, 2.75) is 13.3 Å². The molecule has 2 amide bonds. The average molecular weight is 387 g/mol. The normalized spacial score (nSPS) is 10.3. The highest BCUT2D eigenvalue weighted by molar-refractivity contribution is 6.09. The fourth-order valence-corrected chi connectivity index (χ4v) is 2.99. The summed E-state index contributed by atoms with van der Waals surface area (Å²) in [4.78, 5) is 27.3. The van der Waals surface area contributed by atoms with Crippen molar-refractivity contribution in [3.05, 3.63) is 89.5 Å². The number of nitrogens with one attached hydrogen (secondary N) is 2. The van der Waals surface area contributed by atoms with Crippen molar-refractivity contribution in [2.24, 2.45) is 0 Å². The minimum Gasteiger partial charge on any atom is -0.378 e. The molecule has 0 aliphatic rings. The lowest BCUT2D eigenvalue weighted by Crippen LogP contribution is -2.16. The summed E-state index contributed by atoms with van der Waals surface area (Å²) in [7, 11) is 3.92. The SMILES string of the molecule is CCc1ccccc1NC(=O)c1cccc(C(=O)Nc2ccc(N(C)C)cc2)c1. The molecule has 0 radical (unpaired) electrons. The third kappa shape index (κ3) is 5.02. The van der Waals surface area contributed by atoms with Crippen LogP contribution in [0, 0.1) is 0 Å². The zero-order chi connectivity index (χ0) is 20.8. The molecule has 3 rings (SSSR count). The van der Waals surface area contributed by atoms with Crippen LogP contribution in [0.4, 0.5) is 17.1 Å². The summed E-state index contributed by atoms with van der Waals surface area (Å²) in [5.74, 6) is -0.498. The lowest BCUT2D eigenvalue weighted by molar-refractivity contribution is 0.102. The second kappa shape index (κ2) is 9.06. The maximum atomic E-state index is 12.7. The first kappa shape index (κ1) is 20.1. The van der Waals surface area contributed by atoms with Gasteiger partial charge in [0.05, 0.1) is 0 Å². The Labute approximate surface area is 171 Å². The summed E-state index contributed by atoms with van der Waals surface area (Å²) in [5, 5.41) is 5.80. The molecule has 0 unspecified atom stereocenters. The summed E-state index contributed by atoms with van der Waals surface area (Å²) >= 11 is 0. The van der Waals surface area contributed by atoms with Gasteiger partial charge in [0.25, 0.3) is 11.8 Å². The number of hydrogen-bond donors (Lipinski definition) is 2. The largest absolute Gasteiger partial charge is 0.378 e. The van der Waals surface area contributed by atoms with E-state index in [4.69, 9.17) is 0 Å². The van der Waals surface area contributed by atoms with Crippen LogP contribution < -0.4 is 15.5 Å². The number of benzene rings is 3. The molecule has 148 valence electrons. The second-order valence-corrected chi connectivity index (χ2v) is 6.94. The van der Waals surface area contributed by atoms with Gasteiger partial charge in [0, 0.05) is 42.3 Å². The van der Waals surface area contributed by atoms with Gasteiger partial charge in [-0.15, -0.1) is 0 Å². The van der Waals surface area contributed by atoms with Crippen molar-refractivity contribution in [3.8, 4) is 0 Å². The lowest BCUT2D eigenvalue weighted by atomic mass is 10.1. The van der Waals surface area contributed by atoms with Gasteiger partial charge in [-0.2, -0.15) is 0 Å². The fraction of sp³-hybridized carbons (Fsp3) is 0.167. The molecule has 0 spiro atoms. The van der Waals surface area contributed by atoms with E-state index in [0.717, 1.165) is 23.4 Å². The number of carbonyl (C=O) groups is 2. The van der Waals surface area contributed by atoms with E-state index in [0.29, 0.717) is 16.8 Å². The van der Waals surface area contributed by atoms with Crippen LogP contribution in [-0.4, -0.2) is 25.9 Å². The molecule has 3 aromatic carbocycles. The average Bonchev–Trinajstić information content (AvgIpc) is 2.74. The van der Waals surface area contributed by atoms with Crippen molar-refractivity contribution in [2.75, 3.05) is 29.6 Å². The molecule has 0 bridgehead atoms. The fourth-order valence-electron chi connectivity index (χ4n) is 2.99. The number of carbonyl (C=O) groups excluding carboxylic acids is 2. The third-order valence-electron chi connectivity index (χ3n) is 4.67. The van der Waals surface area contributed by atoms with E-state index >= 15 is 0 Å². The maximum Gasteiger partial charge on any atom is 0.255 e. The van der Waals surface area contributed by atoms with Crippen LogP contribution in [0.3, 0.4) is 0 Å². The zero-order valence-corrected chi connectivity index (χ0v) is 16.9. The van der Waals surface area contributed by atoms with Crippen molar-refractivity contribution in [1.29, 1.82) is 0 Å². The Morgan fingerprint density at radius 3 is 2.03 bits per heavy atom. The third-order valence-corrected chi connectivity index (χ3v) is 4.67. The molecule has 0 atom stereocenters. The Bertz CT molecular complexity index is 1010. The number of amides is 2. The van der Waals surface area contributed by atoms with Crippen LogP contribution in [0.2, 0.25) is 0 Å². The van der Waals surface area contributed by atoms with Gasteiger partial charge in [-0.25, -0.2) is 0 Å². The predicted octanol–water partition coefficient (Wildman–Crippen LogP) is 4.82. The summed E-state index contributed by atoms with van der Waals surface area (Å²) in [5.41, 5.74) is 4.47. The van der Waals surface area contributed by atoms with Gasteiger partial charge in [0.1, 0.15) is 0 Å². The number of para-hydroxylation sites is 1. The Morgan fingerprint density at radius 1 is 0.793 bits per heavy atom. The molecular formula is C24H25N3O2. The zero-order valence-electron chi connectivity index (χ0n) is 16.9. The highest BCUT2D eigenvalue weighted by Gasteiger charge is 2.12. The van der Waals surface area contributed by atoms with Gasteiger partial charge in [-0.3, -0.25) is 9.59 Å². The van der Waals surface area contributed by atoms with Crippen LogP contribution in [0.25, 0.3) is 0 Å². The van der Waals surface area contributed by atoms with E-state index < -0.39 is 0 Å². The van der Waals surface area contributed by atoms with Crippen LogP contribution in [0.15, 0.2) is 72.8 Å². The molecular weight excluding hydrogens is 362 g/mol. The van der Waals surface area contributed by atoms with Gasteiger partial charge < -0.3 is 15.5 Å². The van der Waals surface area contributed by atoms with Crippen molar-refractivity contribution in [3.63, 3.8) is 0 Å². The Kier molecular flexibility index (Phi) is 6.29. The van der Waals surface area contributed by atoms with Gasteiger partial charge >= 0.3 is 0 Å². The van der Waals surface area contributed by atoms with Crippen LogP contribution in [0.1, 0.15) is 33.2 Å². The molecule has 5 nitrogen and oxygen atoms in total. The molecule has 0 aliphatic heterocycles. The maximum absolute atomic E-state index is 12.7. The smallest absolute Gasteiger partial charge is 0.255 e. The monoisotopic (exact) mass is 387 g/mol. The Hall–Kier alpha value is -3.60. The molecule has 0 heterocycles. The standard InChI is InChI=1S/C24H25N3O2/c1-4-17-8-5-6-11-22(17)26-24(29)19-10-7-9-18(16-19)23(28)25-20-12-14-21(15-13-20)27(2)3/h5-16H,4H2,1-3H3,(H,25,28)(H,26,29). The summed E-state index contributed by atoms with van der Waals surface area (Å²) in [6.07, 6.45) is 0.825. The molecule has 0 aliphatic carbocycles. The van der Waals surface area contributed by atoms with Gasteiger partial charge in [-0.1, -0.05) is 31.2 Å². The molecule has 0 fully saturated rings. The van der Waals surface area contributed by atoms with E-state index in [1.807, 2.05) is 74.4 Å². The van der Waals surface area contributed by atoms with Gasteiger partial charge in [0.2, 0.25) is 0 Å². The summed E-state index contributed by atoms with van der Waals surface area (Å²) < 4.78 is 0. The van der Waals surface area contributed by atoms with E-state index in [-0.39, 0.29) is 11.8 Å². The van der Waals surface area contributed by atoms with Crippen molar-refractivity contribution < 1.29 is 9.59 Å². The molecule has 5 heteroatoms. The number of aryl methyl sites for hydroxylation is 1. The topological polar surface area (TPSA) is 61.4 Å². The first-order chi connectivity index (χ1) is 14.0. The summed E-state index contributed by atoms with van der Waals surface area (Å²) in [6, 6.07) is 22.0. The lowest BCUT2D eigenvalue weighted by Gasteiger charge is -2.13. The molecule has 2 N–H and O–H groups in total. The Morgan fingerprint density at radius 2 is 1.41 bits per heavy atom. The predicted molar refractivity (Wildman–Crippen MR) is 119 cm³/mol. The summed E-state index contributed by atoms with van der Waals surface area (Å²) in [6.45, 7) is 2.04. The minimum atomic E-state index is -0.258. The van der Waals surface area contributed by atoms with Crippen molar-refractivity contribution >= 4 is 28.9 Å². The van der Waals surface area contributed by atoms with Gasteiger partial charge in [0.15, 0.2) is 0 Å². The van der Waals surface area contributed by atoms with Crippen LogP contribution in [-0.2, 0) is 6.42 Å². The Balaban J connectivity index is 1.72. The van der Waals surface area contributed by atoms with Crippen LogP contribution in [0.5, 0.6) is 0 Å². The van der Waals surface area contributed by atoms with E-state index in [1.54, 1.807) is 24.3 Å². The second-order valence-electron chi connectivity index (χ2n) is 6.94. The molecule has 29 heavy (non-hydrogen) atoms. The molecule has 0 aromatic heterocycles. The number of anilines is 3. The first-order valence-corrected chi connectivity index (χ1v) is 9.56. The molecule has 3 aromatic rings. The highest BCUT2D eigenvalue weighted by Crippen LogP contribution is 2.19. The van der Waals surface area contributed by atoms with Crippen LogP contribution >= 0.6 is 0 Å². The van der Waals surface area contributed by atoms with Gasteiger partial charge in [-0.05, 0) is 60.5 Å². The van der Waals surface area contributed by atoms with E-state index in [1.165, 1.54) is 0 Å². The van der Waals surface area contributed by atoms with Crippen molar-refractivity contribution in [1.82, 2.24) is 0 Å². The van der Waals surface area contributed by atoms with E-state index in [2.05, 4.69) is 10.6 Å². The quantitative estimate of drug-likeness (QED) is 0.637. The first-order valence-electron chi connectivity index (χ1n) is 9.56. The number of hydrogen-bond acceptors (Lipinski definition) is 3. The number of rotatable bonds is 6. The number of nitrogens with zero attached hydrogens (tertiary/aromatic N) is 1. The highest BCUT2D eigenvalue weighted by atomic mass is 16.2. The molecule has 0 saturated carbocycles. The molecule has 0 saturated heterocycles.